The molecule has 1 heterocycles. The molecule has 1 fully saturated rings. The van der Waals surface area contributed by atoms with E-state index in [1.54, 1.807) is 13.0 Å². The van der Waals surface area contributed by atoms with Crippen LogP contribution in [0.15, 0.2) is 70.8 Å². The molecule has 0 saturated carbocycles. The highest BCUT2D eigenvalue weighted by molar-refractivity contribution is 6.24. The number of benzene rings is 2. The third-order valence-electron chi connectivity index (χ3n) is 7.64. The van der Waals surface area contributed by atoms with Crippen molar-refractivity contribution in [1.29, 1.82) is 0 Å². The maximum absolute atomic E-state index is 13.4. The number of hydrogen-bond donors (Lipinski definition) is 2. The summed E-state index contributed by atoms with van der Waals surface area (Å²) in [6.07, 6.45) is 3.93. The number of carbonyl (C=O) groups excluding carboxylic acids is 4. The number of phenolic OH excluding ortho intramolecular Hbond substituents is 1. The minimum Gasteiger partial charge on any atom is -0.508 e. The van der Waals surface area contributed by atoms with Gasteiger partial charge < -0.3 is 5.11 Å². The summed E-state index contributed by atoms with van der Waals surface area (Å²) < 4.78 is 0. The Bertz CT molecular complexity index is 1410. The normalized spacial score (nSPS) is 28.8. The van der Waals surface area contributed by atoms with Gasteiger partial charge in [0.1, 0.15) is 5.75 Å². The fourth-order valence-corrected chi connectivity index (χ4v) is 6.19. The molecule has 4 atom stereocenters. The molecule has 4 unspecified atom stereocenters. The fourth-order valence-electron chi connectivity index (χ4n) is 6.19. The van der Waals surface area contributed by atoms with Gasteiger partial charge in [-0.2, -0.15) is 0 Å². The number of Topliss-reactive ketones (excluding diaryl/α,β-unsaturated/α-hetero) is 1. The van der Waals surface area contributed by atoms with E-state index >= 15 is 0 Å². The number of ketones is 2. The molecule has 33 heavy (non-hydrogen) atoms. The second-order valence-corrected chi connectivity index (χ2v) is 9.30. The lowest BCUT2D eigenvalue weighted by Gasteiger charge is -2.42. The molecule has 6 rings (SSSR count). The fraction of sp³-hybridized carbons (Fsp3) is 0.259. The molecule has 6 heteroatoms. The maximum Gasteiger partial charge on any atom is 0.231 e. The topological polar surface area (TPSA) is 101 Å². The lowest BCUT2D eigenvalue weighted by atomic mass is 9.59. The number of allylic oxidation sites excluding steroid dienone is 6. The molecular formula is C27H21NO5. The molecule has 164 valence electrons. The van der Waals surface area contributed by atoms with Crippen LogP contribution in [-0.2, 0) is 19.2 Å². The summed E-state index contributed by atoms with van der Waals surface area (Å²) in [7, 11) is 0. The van der Waals surface area contributed by atoms with Crippen LogP contribution in [0.2, 0.25) is 0 Å². The Morgan fingerprint density at radius 1 is 0.970 bits per heavy atom. The van der Waals surface area contributed by atoms with Crippen molar-refractivity contribution in [3.63, 3.8) is 0 Å². The Labute approximate surface area is 189 Å². The highest BCUT2D eigenvalue weighted by Crippen LogP contribution is 2.56. The van der Waals surface area contributed by atoms with Gasteiger partial charge in [0.25, 0.3) is 0 Å². The summed E-state index contributed by atoms with van der Waals surface area (Å²) in [5.41, 5.74) is 2.54. The van der Waals surface area contributed by atoms with E-state index in [0.717, 1.165) is 16.3 Å². The van der Waals surface area contributed by atoms with E-state index in [1.807, 2.05) is 36.4 Å². The van der Waals surface area contributed by atoms with Crippen LogP contribution in [-0.4, -0.2) is 28.5 Å². The van der Waals surface area contributed by atoms with Crippen molar-refractivity contribution in [2.45, 2.75) is 25.7 Å². The average molecular weight is 439 g/mol. The highest BCUT2D eigenvalue weighted by atomic mass is 16.3. The Kier molecular flexibility index (Phi) is 4.12. The molecular weight excluding hydrogens is 418 g/mol. The van der Waals surface area contributed by atoms with Gasteiger partial charge in [-0.05, 0) is 48.6 Å². The lowest BCUT2D eigenvalue weighted by Crippen LogP contribution is -2.39. The predicted molar refractivity (Wildman–Crippen MR) is 120 cm³/mol. The Hall–Kier alpha value is -3.80. The summed E-state index contributed by atoms with van der Waals surface area (Å²) in [4.78, 5) is 51.7. The molecule has 4 aliphatic rings. The number of phenols is 1. The van der Waals surface area contributed by atoms with Gasteiger partial charge in [-0.25, -0.2) is 0 Å². The zero-order valence-electron chi connectivity index (χ0n) is 17.9. The standard InChI is InChI=1S/C27H21NO5/c1-12-10-20(30)18-11-17-15(7-8-16-21(17)27(33)28-26(16)32)23(24(18)25(12)31)22-14-5-3-2-4-13(14)6-9-19(22)29/h2-7,9-10,16-17,21,23,29H,8,11H2,1H3,(H,28,32,33). The number of carbonyl (C=O) groups is 4. The van der Waals surface area contributed by atoms with Crippen LogP contribution in [0.1, 0.15) is 31.2 Å². The Balaban J connectivity index is 1.65. The molecule has 1 saturated heterocycles. The van der Waals surface area contributed by atoms with Gasteiger partial charge in [0.2, 0.25) is 11.8 Å². The molecule has 2 aromatic rings. The van der Waals surface area contributed by atoms with Crippen LogP contribution in [0.4, 0.5) is 0 Å². The van der Waals surface area contributed by atoms with Gasteiger partial charge in [0.05, 0.1) is 11.8 Å². The van der Waals surface area contributed by atoms with Crippen LogP contribution in [0.3, 0.4) is 0 Å². The van der Waals surface area contributed by atoms with Crippen molar-refractivity contribution < 1.29 is 24.3 Å². The lowest BCUT2D eigenvalue weighted by molar-refractivity contribution is -0.126. The van der Waals surface area contributed by atoms with Crippen LogP contribution >= 0.6 is 0 Å². The van der Waals surface area contributed by atoms with Crippen LogP contribution in [0.25, 0.3) is 10.8 Å². The third kappa shape index (κ3) is 2.67. The number of amides is 2. The number of rotatable bonds is 1. The van der Waals surface area contributed by atoms with Crippen LogP contribution in [0.5, 0.6) is 5.75 Å². The molecule has 0 aromatic heterocycles. The Morgan fingerprint density at radius 3 is 2.58 bits per heavy atom. The number of aromatic hydroxyl groups is 1. The summed E-state index contributed by atoms with van der Waals surface area (Å²) >= 11 is 0. The molecule has 3 aliphatic carbocycles. The first-order valence-corrected chi connectivity index (χ1v) is 11.1. The molecule has 0 spiro atoms. The summed E-state index contributed by atoms with van der Waals surface area (Å²) in [5.74, 6) is -3.13. The van der Waals surface area contributed by atoms with Gasteiger partial charge in [0, 0.05) is 28.2 Å². The molecule has 1 aliphatic heterocycles. The number of hydrogen-bond acceptors (Lipinski definition) is 5. The van der Waals surface area contributed by atoms with Crippen molar-refractivity contribution in [1.82, 2.24) is 5.32 Å². The quantitative estimate of drug-likeness (QED) is 0.404. The van der Waals surface area contributed by atoms with Gasteiger partial charge >= 0.3 is 0 Å². The van der Waals surface area contributed by atoms with E-state index in [2.05, 4.69) is 5.32 Å². The maximum atomic E-state index is 13.4. The van der Waals surface area contributed by atoms with Crippen molar-refractivity contribution in [3.8, 4) is 5.75 Å². The number of imide groups is 1. The summed E-state index contributed by atoms with van der Waals surface area (Å²) in [6.45, 7) is 1.63. The molecule has 2 amide bonds. The number of nitrogens with one attached hydrogen (secondary N) is 1. The van der Waals surface area contributed by atoms with E-state index in [-0.39, 0.29) is 41.5 Å². The minimum atomic E-state index is -0.658. The molecule has 2 N–H and O–H groups in total. The second kappa shape index (κ2) is 6.85. The van der Waals surface area contributed by atoms with Gasteiger partial charge in [-0.15, -0.1) is 0 Å². The summed E-state index contributed by atoms with van der Waals surface area (Å²) in [5, 5.41) is 15.2. The zero-order chi connectivity index (χ0) is 23.0. The van der Waals surface area contributed by atoms with Crippen molar-refractivity contribution >= 4 is 34.2 Å². The van der Waals surface area contributed by atoms with Crippen molar-refractivity contribution in [2.75, 3.05) is 0 Å². The molecule has 0 bridgehead atoms. The SMILES string of the molecule is CC1=CC(=O)C2=C(C1=O)C(c1c(O)ccc3ccccc13)C1=CCC3C(=O)NC(=O)C3C1C2. The van der Waals surface area contributed by atoms with E-state index < -0.39 is 17.8 Å². The zero-order valence-corrected chi connectivity index (χ0v) is 17.9. The molecule has 2 aromatic carbocycles. The largest absolute Gasteiger partial charge is 0.508 e. The third-order valence-corrected chi connectivity index (χ3v) is 7.64. The van der Waals surface area contributed by atoms with E-state index in [4.69, 9.17) is 0 Å². The minimum absolute atomic E-state index is 0.0358. The second-order valence-electron chi connectivity index (χ2n) is 9.30. The molecule has 0 radical (unpaired) electrons. The van der Waals surface area contributed by atoms with Crippen molar-refractivity contribution in [2.24, 2.45) is 17.8 Å². The van der Waals surface area contributed by atoms with Gasteiger partial charge in [-0.3, -0.25) is 24.5 Å². The van der Waals surface area contributed by atoms with Gasteiger partial charge in [0.15, 0.2) is 11.6 Å². The Morgan fingerprint density at radius 2 is 1.76 bits per heavy atom. The van der Waals surface area contributed by atoms with Crippen molar-refractivity contribution in [3.05, 3.63) is 76.4 Å². The smallest absolute Gasteiger partial charge is 0.231 e. The first-order chi connectivity index (χ1) is 15.9. The first kappa shape index (κ1) is 19.9. The van der Waals surface area contributed by atoms with E-state index in [1.165, 1.54) is 6.08 Å². The number of fused-ring (bicyclic) bond motifs is 4. The van der Waals surface area contributed by atoms with E-state index in [0.29, 0.717) is 28.7 Å². The first-order valence-electron chi connectivity index (χ1n) is 11.1. The van der Waals surface area contributed by atoms with Crippen LogP contribution < -0.4 is 5.32 Å². The van der Waals surface area contributed by atoms with E-state index in [9.17, 15) is 24.3 Å². The summed E-state index contributed by atoms with van der Waals surface area (Å²) in [6, 6.07) is 11.0. The molecule has 6 nitrogen and oxygen atoms in total. The predicted octanol–water partition coefficient (Wildman–Crippen LogP) is 3.26. The highest BCUT2D eigenvalue weighted by Gasteiger charge is 2.53. The monoisotopic (exact) mass is 439 g/mol. The van der Waals surface area contributed by atoms with Crippen LogP contribution in [0, 0.1) is 17.8 Å². The van der Waals surface area contributed by atoms with Gasteiger partial charge in [-0.1, -0.05) is 42.0 Å². The average Bonchev–Trinajstić information content (AvgIpc) is 3.10.